The highest BCUT2D eigenvalue weighted by atomic mass is 32.1. The molecule has 0 amide bonds. The molecule has 33 heavy (non-hydrogen) atoms. The third-order valence-corrected chi connectivity index (χ3v) is 7.56. The summed E-state index contributed by atoms with van der Waals surface area (Å²) >= 11 is 1.82. The fourth-order valence-electron chi connectivity index (χ4n) is 5.22. The first-order valence-corrected chi connectivity index (χ1v) is 12.1. The Morgan fingerprint density at radius 2 is 0.970 bits per heavy atom. The predicted molar refractivity (Wildman–Crippen MR) is 145 cm³/mol. The van der Waals surface area contributed by atoms with Crippen LogP contribution in [0.5, 0.6) is 0 Å². The quantitative estimate of drug-likeness (QED) is 0.237. The number of hydrogen-bond donors (Lipinski definition) is 0. The summed E-state index contributed by atoms with van der Waals surface area (Å²) in [6, 6.07) is 42.2. The van der Waals surface area contributed by atoms with Crippen LogP contribution in [-0.4, -0.2) is 0 Å². The monoisotopic (exact) mass is 436 g/mol. The van der Waals surface area contributed by atoms with Crippen LogP contribution in [0.15, 0.2) is 121 Å². The van der Waals surface area contributed by atoms with Gasteiger partial charge in [0.15, 0.2) is 0 Å². The van der Waals surface area contributed by atoms with Gasteiger partial charge in [0.2, 0.25) is 0 Å². The summed E-state index contributed by atoms with van der Waals surface area (Å²) in [5, 5.41) is 12.6. The Kier molecular flexibility index (Phi) is 4.12. The molecule has 0 saturated heterocycles. The molecule has 0 aliphatic carbocycles. The molecule has 1 heterocycles. The highest BCUT2D eigenvalue weighted by Crippen LogP contribution is 2.46. The lowest BCUT2D eigenvalue weighted by Gasteiger charge is -2.18. The third kappa shape index (κ3) is 2.90. The smallest absolute Gasteiger partial charge is 0.0355 e. The Balaban J connectivity index is 1.74. The second kappa shape index (κ2) is 7.30. The zero-order valence-corrected chi connectivity index (χ0v) is 18.8. The summed E-state index contributed by atoms with van der Waals surface area (Å²) in [7, 11) is 0. The van der Waals surface area contributed by atoms with Gasteiger partial charge in [0.1, 0.15) is 0 Å². The molecular weight excluding hydrogens is 416 g/mol. The zero-order valence-electron chi connectivity index (χ0n) is 18.0. The Hall–Kier alpha value is -3.94. The average Bonchev–Trinajstić information content (AvgIpc) is 3.40. The normalized spacial score (nSPS) is 11.6. The van der Waals surface area contributed by atoms with E-state index in [0.717, 1.165) is 0 Å². The fourth-order valence-corrected chi connectivity index (χ4v) is 6.02. The summed E-state index contributed by atoms with van der Waals surface area (Å²) in [4.78, 5) is 1.32. The summed E-state index contributed by atoms with van der Waals surface area (Å²) < 4.78 is 0. The van der Waals surface area contributed by atoms with Crippen molar-refractivity contribution in [3.8, 4) is 21.6 Å². The molecule has 7 aromatic rings. The zero-order chi connectivity index (χ0) is 21.8. The Morgan fingerprint density at radius 1 is 0.394 bits per heavy atom. The van der Waals surface area contributed by atoms with Crippen molar-refractivity contribution in [3.63, 3.8) is 0 Å². The average molecular weight is 437 g/mol. The molecule has 0 unspecified atom stereocenters. The molecule has 154 valence electrons. The summed E-state index contributed by atoms with van der Waals surface area (Å²) in [5.41, 5.74) is 3.92. The van der Waals surface area contributed by atoms with Crippen LogP contribution in [0.2, 0.25) is 0 Å². The van der Waals surface area contributed by atoms with E-state index in [-0.39, 0.29) is 0 Å². The highest BCUT2D eigenvalue weighted by Gasteiger charge is 2.17. The van der Waals surface area contributed by atoms with Crippen LogP contribution in [0.4, 0.5) is 0 Å². The molecule has 0 N–H and O–H groups in total. The standard InChI is InChI=1S/C32H20S/c1-2-9-21(10-3-1)31-26-13-6-7-14-27(26)32(30-15-8-16-33-30)29-20-25-18-23-12-5-4-11-22(23)17-24(25)19-28(29)31/h1-20H. The van der Waals surface area contributed by atoms with Gasteiger partial charge >= 0.3 is 0 Å². The van der Waals surface area contributed by atoms with Crippen LogP contribution in [0.25, 0.3) is 64.7 Å². The van der Waals surface area contributed by atoms with Crippen LogP contribution in [0.1, 0.15) is 0 Å². The predicted octanol–water partition coefficient (Wildman–Crippen LogP) is 9.69. The van der Waals surface area contributed by atoms with E-state index in [2.05, 4.69) is 121 Å². The van der Waals surface area contributed by atoms with E-state index in [4.69, 9.17) is 0 Å². The lowest BCUT2D eigenvalue weighted by Crippen LogP contribution is -1.90. The van der Waals surface area contributed by atoms with Gasteiger partial charge in [0.05, 0.1) is 0 Å². The van der Waals surface area contributed by atoms with Gasteiger partial charge in [-0.05, 0) is 89.9 Å². The third-order valence-electron chi connectivity index (χ3n) is 6.68. The van der Waals surface area contributed by atoms with Crippen molar-refractivity contribution < 1.29 is 0 Å². The van der Waals surface area contributed by atoms with Crippen LogP contribution in [0, 0.1) is 0 Å². The first-order valence-electron chi connectivity index (χ1n) is 11.3. The van der Waals surface area contributed by atoms with E-state index in [1.54, 1.807) is 0 Å². The van der Waals surface area contributed by atoms with Crippen LogP contribution < -0.4 is 0 Å². The molecule has 7 rings (SSSR count). The maximum atomic E-state index is 2.41. The largest absolute Gasteiger partial charge is 0.144 e. The maximum Gasteiger partial charge on any atom is 0.0355 e. The van der Waals surface area contributed by atoms with Crippen LogP contribution in [-0.2, 0) is 0 Å². The number of benzene rings is 6. The number of thiophene rings is 1. The molecule has 6 aromatic carbocycles. The molecule has 0 nitrogen and oxygen atoms in total. The van der Waals surface area contributed by atoms with Gasteiger partial charge in [-0.3, -0.25) is 0 Å². The van der Waals surface area contributed by atoms with E-state index in [1.165, 1.54) is 64.7 Å². The first-order chi connectivity index (χ1) is 16.4. The SMILES string of the molecule is c1ccc(-c2c3ccccc3c(-c3cccs3)c3cc4cc5ccccc5cc4cc23)cc1. The molecule has 0 bridgehead atoms. The van der Waals surface area contributed by atoms with Crippen molar-refractivity contribution in [3.05, 3.63) is 121 Å². The topological polar surface area (TPSA) is 0 Å². The molecule has 1 heteroatoms. The fraction of sp³-hybridized carbons (Fsp3) is 0. The van der Waals surface area contributed by atoms with Gasteiger partial charge in [-0.2, -0.15) is 0 Å². The highest BCUT2D eigenvalue weighted by molar-refractivity contribution is 7.13. The van der Waals surface area contributed by atoms with Crippen molar-refractivity contribution in [1.29, 1.82) is 0 Å². The molecule has 0 saturated carbocycles. The number of fused-ring (bicyclic) bond motifs is 4. The van der Waals surface area contributed by atoms with E-state index >= 15 is 0 Å². The Bertz CT molecular complexity index is 1790. The van der Waals surface area contributed by atoms with E-state index in [9.17, 15) is 0 Å². The maximum absolute atomic E-state index is 2.41. The van der Waals surface area contributed by atoms with Crippen molar-refractivity contribution in [2.45, 2.75) is 0 Å². The molecule has 0 spiro atoms. The molecule has 0 fully saturated rings. The van der Waals surface area contributed by atoms with Gasteiger partial charge in [-0.15, -0.1) is 11.3 Å². The molecular formula is C32H20S. The lowest BCUT2D eigenvalue weighted by atomic mass is 9.86. The molecule has 0 aliphatic heterocycles. The molecule has 1 aromatic heterocycles. The second-order valence-corrected chi connectivity index (χ2v) is 9.53. The minimum absolute atomic E-state index is 1.26. The minimum atomic E-state index is 1.26. The van der Waals surface area contributed by atoms with Gasteiger partial charge in [0.25, 0.3) is 0 Å². The van der Waals surface area contributed by atoms with Crippen molar-refractivity contribution >= 4 is 54.4 Å². The van der Waals surface area contributed by atoms with Gasteiger partial charge in [0, 0.05) is 10.4 Å². The summed E-state index contributed by atoms with van der Waals surface area (Å²) in [6.07, 6.45) is 0. The van der Waals surface area contributed by atoms with E-state index < -0.39 is 0 Å². The number of hydrogen-bond acceptors (Lipinski definition) is 1. The summed E-state index contributed by atoms with van der Waals surface area (Å²) in [5.74, 6) is 0. The summed E-state index contributed by atoms with van der Waals surface area (Å²) in [6.45, 7) is 0. The van der Waals surface area contributed by atoms with Gasteiger partial charge < -0.3 is 0 Å². The molecule has 0 radical (unpaired) electrons. The first kappa shape index (κ1) is 18.6. The van der Waals surface area contributed by atoms with Crippen molar-refractivity contribution in [2.75, 3.05) is 0 Å². The van der Waals surface area contributed by atoms with Gasteiger partial charge in [-0.25, -0.2) is 0 Å². The second-order valence-electron chi connectivity index (χ2n) is 8.58. The Labute approximate surface area is 196 Å². The minimum Gasteiger partial charge on any atom is -0.144 e. The van der Waals surface area contributed by atoms with Gasteiger partial charge in [-0.1, -0.05) is 84.9 Å². The van der Waals surface area contributed by atoms with E-state index in [1.807, 2.05) is 11.3 Å². The molecule has 0 atom stereocenters. The van der Waals surface area contributed by atoms with Crippen molar-refractivity contribution in [1.82, 2.24) is 0 Å². The lowest BCUT2D eigenvalue weighted by molar-refractivity contribution is 1.68. The number of rotatable bonds is 2. The Morgan fingerprint density at radius 3 is 1.61 bits per heavy atom. The van der Waals surface area contributed by atoms with Crippen molar-refractivity contribution in [2.24, 2.45) is 0 Å². The van der Waals surface area contributed by atoms with Crippen LogP contribution in [0.3, 0.4) is 0 Å². The molecule has 0 aliphatic rings. The van der Waals surface area contributed by atoms with E-state index in [0.29, 0.717) is 0 Å². The van der Waals surface area contributed by atoms with Crippen LogP contribution >= 0.6 is 11.3 Å².